The highest BCUT2D eigenvalue weighted by Crippen LogP contribution is 2.27. The number of para-hydroxylation sites is 1. The summed E-state index contributed by atoms with van der Waals surface area (Å²) in [5.74, 6) is -0.614. The summed E-state index contributed by atoms with van der Waals surface area (Å²) in [6.45, 7) is 5.19. The number of amides is 1. The number of nitro benzene ring substituents is 1. The van der Waals surface area contributed by atoms with Crippen molar-refractivity contribution in [1.82, 2.24) is 9.78 Å². The molecule has 2 aromatic rings. The van der Waals surface area contributed by atoms with Crippen molar-refractivity contribution in [2.45, 2.75) is 26.8 Å². The maximum atomic E-state index is 12.3. The number of aromatic nitrogens is 2. The van der Waals surface area contributed by atoms with Gasteiger partial charge in [-0.15, -0.1) is 0 Å². The van der Waals surface area contributed by atoms with Gasteiger partial charge in [-0.2, -0.15) is 5.10 Å². The van der Waals surface area contributed by atoms with Crippen molar-refractivity contribution >= 4 is 17.3 Å². The van der Waals surface area contributed by atoms with Gasteiger partial charge in [0.05, 0.1) is 11.0 Å². The van der Waals surface area contributed by atoms with Gasteiger partial charge < -0.3 is 5.32 Å². The van der Waals surface area contributed by atoms with E-state index in [-0.39, 0.29) is 28.7 Å². The average molecular weight is 316 g/mol. The van der Waals surface area contributed by atoms with Gasteiger partial charge in [0, 0.05) is 12.1 Å². The third-order valence-electron chi connectivity index (χ3n) is 3.23. The number of anilines is 1. The molecule has 0 atom stereocenters. The molecule has 1 heterocycles. The van der Waals surface area contributed by atoms with Crippen LogP contribution in [0.4, 0.5) is 11.4 Å². The number of hydrogen-bond acceptors (Lipinski definition) is 5. The van der Waals surface area contributed by atoms with E-state index in [4.69, 9.17) is 0 Å². The summed E-state index contributed by atoms with van der Waals surface area (Å²) >= 11 is 0. The molecule has 0 aliphatic carbocycles. The number of nitrogens with one attached hydrogen (secondary N) is 1. The third kappa shape index (κ3) is 3.42. The van der Waals surface area contributed by atoms with Crippen LogP contribution in [0.25, 0.3) is 0 Å². The molecule has 0 saturated heterocycles. The molecule has 1 amide bonds. The van der Waals surface area contributed by atoms with Crippen molar-refractivity contribution in [1.29, 1.82) is 0 Å². The van der Waals surface area contributed by atoms with Crippen molar-refractivity contribution in [3.63, 3.8) is 0 Å². The van der Waals surface area contributed by atoms with E-state index in [1.54, 1.807) is 32.9 Å². The Morgan fingerprint density at radius 1 is 1.30 bits per heavy atom. The van der Waals surface area contributed by atoms with E-state index in [9.17, 15) is 19.7 Å². The number of nitro groups is 1. The molecule has 1 aromatic heterocycles. The second-order valence-corrected chi connectivity index (χ2v) is 5.28. The van der Waals surface area contributed by atoms with Crippen LogP contribution in [0.2, 0.25) is 0 Å². The highest BCUT2D eigenvalue weighted by Gasteiger charge is 2.19. The molecule has 2 rings (SSSR count). The van der Waals surface area contributed by atoms with Crippen molar-refractivity contribution in [3.05, 3.63) is 62.1 Å². The molecule has 0 fully saturated rings. The molecule has 8 heteroatoms. The lowest BCUT2D eigenvalue weighted by Gasteiger charge is -2.11. The van der Waals surface area contributed by atoms with E-state index in [0.717, 1.165) is 0 Å². The van der Waals surface area contributed by atoms with E-state index < -0.39 is 10.8 Å². The summed E-state index contributed by atoms with van der Waals surface area (Å²) < 4.78 is 1.18. The SMILES string of the molecule is Cc1cccc([N+](=O)[O-])c1NC(=O)c1ccc(=O)n(C(C)C)n1. The largest absolute Gasteiger partial charge is 0.315 e. The van der Waals surface area contributed by atoms with E-state index in [0.29, 0.717) is 5.56 Å². The first-order chi connectivity index (χ1) is 10.8. The Morgan fingerprint density at radius 2 is 2.00 bits per heavy atom. The summed E-state index contributed by atoms with van der Waals surface area (Å²) in [6.07, 6.45) is 0. The Kier molecular flexibility index (Phi) is 4.54. The Hall–Kier alpha value is -3.03. The number of nitrogens with zero attached hydrogens (tertiary/aromatic N) is 3. The maximum Gasteiger partial charge on any atom is 0.293 e. The van der Waals surface area contributed by atoms with E-state index >= 15 is 0 Å². The topological polar surface area (TPSA) is 107 Å². The first-order valence-corrected chi connectivity index (χ1v) is 6.96. The summed E-state index contributed by atoms with van der Waals surface area (Å²) in [5, 5.41) is 17.6. The van der Waals surface area contributed by atoms with Crippen LogP contribution < -0.4 is 10.9 Å². The molecule has 1 aromatic carbocycles. The van der Waals surface area contributed by atoms with Crippen molar-refractivity contribution < 1.29 is 9.72 Å². The summed E-state index contributed by atoms with van der Waals surface area (Å²) in [4.78, 5) is 34.5. The number of hydrogen-bond donors (Lipinski definition) is 1. The lowest BCUT2D eigenvalue weighted by atomic mass is 10.1. The predicted molar refractivity (Wildman–Crippen MR) is 84.7 cm³/mol. The molecule has 0 spiro atoms. The number of aryl methyl sites for hydroxylation is 1. The van der Waals surface area contributed by atoms with Gasteiger partial charge >= 0.3 is 0 Å². The summed E-state index contributed by atoms with van der Waals surface area (Å²) in [7, 11) is 0. The fraction of sp³-hybridized carbons (Fsp3) is 0.267. The van der Waals surface area contributed by atoms with Crippen LogP contribution in [0.1, 0.15) is 35.9 Å². The average Bonchev–Trinajstić information content (AvgIpc) is 2.49. The zero-order chi connectivity index (χ0) is 17.1. The van der Waals surface area contributed by atoms with Crippen LogP contribution in [-0.2, 0) is 0 Å². The van der Waals surface area contributed by atoms with Crippen molar-refractivity contribution in [2.24, 2.45) is 0 Å². The second-order valence-electron chi connectivity index (χ2n) is 5.28. The quantitative estimate of drug-likeness (QED) is 0.688. The smallest absolute Gasteiger partial charge is 0.293 e. The van der Waals surface area contributed by atoms with E-state index in [1.165, 1.54) is 22.9 Å². The number of benzene rings is 1. The van der Waals surface area contributed by atoms with Gasteiger partial charge in [0.1, 0.15) is 11.4 Å². The van der Waals surface area contributed by atoms with E-state index in [2.05, 4.69) is 10.4 Å². The molecule has 0 aliphatic heterocycles. The second kappa shape index (κ2) is 6.39. The first kappa shape index (κ1) is 16.3. The fourth-order valence-electron chi connectivity index (χ4n) is 2.06. The van der Waals surface area contributed by atoms with Crippen LogP contribution in [-0.4, -0.2) is 20.6 Å². The molecule has 23 heavy (non-hydrogen) atoms. The lowest BCUT2D eigenvalue weighted by molar-refractivity contribution is -0.383. The van der Waals surface area contributed by atoms with Gasteiger partial charge in [-0.25, -0.2) is 4.68 Å². The number of rotatable bonds is 4. The molecule has 0 radical (unpaired) electrons. The zero-order valence-corrected chi connectivity index (χ0v) is 12.9. The van der Waals surface area contributed by atoms with Crippen molar-refractivity contribution in [3.8, 4) is 0 Å². The molecule has 0 saturated carbocycles. The summed E-state index contributed by atoms with van der Waals surface area (Å²) in [6, 6.07) is 6.84. The first-order valence-electron chi connectivity index (χ1n) is 6.96. The van der Waals surface area contributed by atoms with Crippen molar-refractivity contribution in [2.75, 3.05) is 5.32 Å². The Bertz CT molecular complexity index is 826. The van der Waals surface area contributed by atoms with Gasteiger partial charge in [0.25, 0.3) is 17.2 Å². The molecule has 0 unspecified atom stereocenters. The highest BCUT2D eigenvalue weighted by molar-refractivity contribution is 6.04. The van der Waals surface area contributed by atoms with Crippen LogP contribution in [0.5, 0.6) is 0 Å². The van der Waals surface area contributed by atoms with Gasteiger partial charge in [0.2, 0.25) is 0 Å². The van der Waals surface area contributed by atoms with E-state index in [1.807, 2.05) is 0 Å². The molecule has 1 N–H and O–H groups in total. The predicted octanol–water partition coefficient (Wildman–Crippen LogP) is 2.29. The lowest BCUT2D eigenvalue weighted by Crippen LogP contribution is -2.27. The Balaban J connectivity index is 2.39. The van der Waals surface area contributed by atoms with Crippen LogP contribution in [0, 0.1) is 17.0 Å². The fourth-order valence-corrected chi connectivity index (χ4v) is 2.06. The standard InChI is InChI=1S/C15H16N4O4/c1-9(2)18-13(20)8-7-11(17-18)15(21)16-14-10(3)5-4-6-12(14)19(22)23/h4-9H,1-3H3,(H,16,21). The number of carbonyl (C=O) groups is 1. The minimum absolute atomic E-state index is 0.0100. The van der Waals surface area contributed by atoms with Gasteiger partial charge in [-0.05, 0) is 32.4 Å². The molecule has 0 aliphatic rings. The van der Waals surface area contributed by atoms with Crippen LogP contribution in [0.15, 0.2) is 35.1 Å². The number of carbonyl (C=O) groups excluding carboxylic acids is 1. The molecular formula is C15H16N4O4. The summed E-state index contributed by atoms with van der Waals surface area (Å²) in [5.41, 5.74) is 0.168. The highest BCUT2D eigenvalue weighted by atomic mass is 16.6. The maximum absolute atomic E-state index is 12.3. The Morgan fingerprint density at radius 3 is 2.61 bits per heavy atom. The van der Waals surface area contributed by atoms with Gasteiger partial charge in [0.15, 0.2) is 0 Å². The zero-order valence-electron chi connectivity index (χ0n) is 12.9. The minimum atomic E-state index is -0.614. The van der Waals surface area contributed by atoms with Gasteiger partial charge in [-0.1, -0.05) is 12.1 Å². The normalized spacial score (nSPS) is 10.6. The monoisotopic (exact) mass is 316 g/mol. The van der Waals surface area contributed by atoms with Crippen LogP contribution >= 0.6 is 0 Å². The Labute approximate surface area is 131 Å². The minimum Gasteiger partial charge on any atom is -0.315 e. The molecule has 120 valence electrons. The molecule has 8 nitrogen and oxygen atoms in total. The third-order valence-corrected chi connectivity index (χ3v) is 3.23. The van der Waals surface area contributed by atoms with Gasteiger partial charge in [-0.3, -0.25) is 19.7 Å². The van der Waals surface area contributed by atoms with Crippen LogP contribution in [0.3, 0.4) is 0 Å². The molecular weight excluding hydrogens is 300 g/mol. The molecule has 0 bridgehead atoms.